The zero-order chi connectivity index (χ0) is 17.4. The second-order valence-corrected chi connectivity index (χ2v) is 8.80. The highest BCUT2D eigenvalue weighted by molar-refractivity contribution is 7.13. The summed E-state index contributed by atoms with van der Waals surface area (Å²) < 4.78 is 6.24. The van der Waals surface area contributed by atoms with Crippen molar-refractivity contribution in [2.75, 3.05) is 19.6 Å². The molecule has 1 unspecified atom stereocenters. The van der Waals surface area contributed by atoms with Crippen LogP contribution in [0.3, 0.4) is 0 Å². The van der Waals surface area contributed by atoms with Crippen LogP contribution in [0.5, 0.6) is 5.19 Å². The lowest BCUT2D eigenvalue weighted by atomic mass is 9.90. The van der Waals surface area contributed by atoms with Gasteiger partial charge in [-0.25, -0.2) is 4.98 Å². The molecule has 2 fully saturated rings. The number of hydrogen-bond acceptors (Lipinski definition) is 5. The minimum Gasteiger partial charge on any atom is -0.467 e. The lowest BCUT2D eigenvalue weighted by molar-refractivity contribution is -0.132. The SMILES string of the molecule is CCC(=O)N1Cc2sc(OC3CCN(C4CCC4)CC3)nc2C(C)C1. The molecule has 0 N–H and O–H groups in total. The van der Waals surface area contributed by atoms with E-state index < -0.39 is 0 Å². The molecule has 1 aromatic rings. The van der Waals surface area contributed by atoms with Gasteiger partial charge in [-0.05, 0) is 25.7 Å². The van der Waals surface area contributed by atoms with E-state index in [0.717, 1.165) is 49.4 Å². The molecule has 1 saturated carbocycles. The number of likely N-dealkylation sites (tertiary alicyclic amines) is 1. The molecule has 25 heavy (non-hydrogen) atoms. The van der Waals surface area contributed by atoms with E-state index in [-0.39, 0.29) is 5.91 Å². The third kappa shape index (κ3) is 3.56. The van der Waals surface area contributed by atoms with Crippen molar-refractivity contribution in [1.29, 1.82) is 0 Å². The fourth-order valence-electron chi connectivity index (χ4n) is 4.21. The van der Waals surface area contributed by atoms with Gasteiger partial charge in [0.1, 0.15) is 6.10 Å². The van der Waals surface area contributed by atoms with Gasteiger partial charge in [0, 0.05) is 38.0 Å². The van der Waals surface area contributed by atoms with Crippen LogP contribution >= 0.6 is 11.3 Å². The molecule has 3 heterocycles. The fraction of sp³-hybridized carbons (Fsp3) is 0.789. The van der Waals surface area contributed by atoms with Gasteiger partial charge >= 0.3 is 0 Å². The molecule has 3 aliphatic rings. The van der Waals surface area contributed by atoms with Crippen LogP contribution in [0.15, 0.2) is 0 Å². The fourth-order valence-corrected chi connectivity index (χ4v) is 5.32. The Morgan fingerprint density at radius 2 is 2.04 bits per heavy atom. The predicted molar refractivity (Wildman–Crippen MR) is 99.1 cm³/mol. The molecule has 2 aliphatic heterocycles. The maximum absolute atomic E-state index is 12.0. The number of aromatic nitrogens is 1. The average Bonchev–Trinajstić information content (AvgIpc) is 2.97. The van der Waals surface area contributed by atoms with Crippen molar-refractivity contribution in [3.05, 3.63) is 10.6 Å². The number of amides is 1. The number of piperidine rings is 1. The average molecular weight is 364 g/mol. The van der Waals surface area contributed by atoms with Gasteiger partial charge in [0.15, 0.2) is 0 Å². The van der Waals surface area contributed by atoms with E-state index in [1.807, 2.05) is 11.8 Å². The summed E-state index contributed by atoms with van der Waals surface area (Å²) >= 11 is 1.65. The summed E-state index contributed by atoms with van der Waals surface area (Å²) in [6, 6.07) is 0.844. The first kappa shape index (κ1) is 17.3. The molecule has 1 aliphatic carbocycles. The first-order valence-electron chi connectivity index (χ1n) is 9.82. The van der Waals surface area contributed by atoms with Gasteiger partial charge < -0.3 is 14.5 Å². The van der Waals surface area contributed by atoms with Gasteiger partial charge in [0.25, 0.3) is 5.19 Å². The minimum atomic E-state index is 0.233. The molecule has 5 nitrogen and oxygen atoms in total. The van der Waals surface area contributed by atoms with E-state index in [1.54, 1.807) is 11.3 Å². The molecule has 1 aromatic heterocycles. The third-order valence-corrected chi connectivity index (χ3v) is 6.94. The summed E-state index contributed by atoms with van der Waals surface area (Å²) in [5, 5.41) is 0.810. The van der Waals surface area contributed by atoms with Crippen molar-refractivity contribution in [2.45, 2.75) is 77.0 Å². The van der Waals surface area contributed by atoms with Crippen LogP contribution in [-0.2, 0) is 11.3 Å². The Kier molecular flexibility index (Phi) is 5.00. The van der Waals surface area contributed by atoms with Crippen LogP contribution in [-0.4, -0.2) is 52.5 Å². The molecule has 0 bridgehead atoms. The third-order valence-electron chi connectivity index (χ3n) is 5.99. The first-order valence-corrected chi connectivity index (χ1v) is 10.6. The highest BCUT2D eigenvalue weighted by Crippen LogP contribution is 2.36. The van der Waals surface area contributed by atoms with Crippen molar-refractivity contribution in [3.8, 4) is 5.19 Å². The van der Waals surface area contributed by atoms with Crippen molar-refractivity contribution in [1.82, 2.24) is 14.8 Å². The van der Waals surface area contributed by atoms with Crippen molar-refractivity contribution < 1.29 is 9.53 Å². The highest BCUT2D eigenvalue weighted by atomic mass is 32.1. The van der Waals surface area contributed by atoms with Gasteiger partial charge in [0.05, 0.1) is 17.1 Å². The van der Waals surface area contributed by atoms with Crippen molar-refractivity contribution >= 4 is 17.2 Å². The zero-order valence-corrected chi connectivity index (χ0v) is 16.2. The number of carbonyl (C=O) groups is 1. The van der Waals surface area contributed by atoms with Gasteiger partial charge in [-0.3, -0.25) is 4.79 Å². The second-order valence-electron chi connectivity index (χ2n) is 7.75. The number of fused-ring (bicyclic) bond motifs is 1. The number of rotatable bonds is 4. The van der Waals surface area contributed by atoms with Crippen molar-refractivity contribution in [3.63, 3.8) is 0 Å². The topological polar surface area (TPSA) is 45.7 Å². The van der Waals surface area contributed by atoms with Crippen LogP contribution in [0.1, 0.15) is 68.9 Å². The summed E-state index contributed by atoms with van der Waals surface area (Å²) in [6.07, 6.45) is 7.26. The molecule has 0 radical (unpaired) electrons. The summed E-state index contributed by atoms with van der Waals surface area (Å²) in [5.74, 6) is 0.532. The Bertz CT molecular complexity index is 620. The van der Waals surface area contributed by atoms with Crippen LogP contribution in [0.4, 0.5) is 0 Å². The molecule has 0 spiro atoms. The lowest BCUT2D eigenvalue weighted by Gasteiger charge is -2.41. The zero-order valence-electron chi connectivity index (χ0n) is 15.4. The summed E-state index contributed by atoms with van der Waals surface area (Å²) in [6.45, 7) is 7.90. The standard InChI is InChI=1S/C19H29N3O2S/c1-3-17(23)22-11-13(2)18-16(12-22)25-19(20-18)24-15-7-9-21(10-8-15)14-5-4-6-14/h13-15H,3-12H2,1-2H3. The van der Waals surface area contributed by atoms with E-state index in [1.165, 1.54) is 24.1 Å². The Morgan fingerprint density at radius 1 is 1.28 bits per heavy atom. The number of hydrogen-bond donors (Lipinski definition) is 0. The Hall–Kier alpha value is -1.14. The number of nitrogens with zero attached hydrogens (tertiary/aromatic N) is 3. The molecular formula is C19H29N3O2S. The smallest absolute Gasteiger partial charge is 0.273 e. The largest absolute Gasteiger partial charge is 0.467 e. The Morgan fingerprint density at radius 3 is 2.68 bits per heavy atom. The quantitative estimate of drug-likeness (QED) is 0.822. The van der Waals surface area contributed by atoms with Crippen LogP contribution in [0.2, 0.25) is 0 Å². The monoisotopic (exact) mass is 363 g/mol. The molecule has 0 aromatic carbocycles. The Labute approximate surface area is 154 Å². The number of carbonyl (C=O) groups excluding carboxylic acids is 1. The van der Waals surface area contributed by atoms with Gasteiger partial charge in [-0.2, -0.15) is 0 Å². The summed E-state index contributed by atoms with van der Waals surface area (Å²) in [7, 11) is 0. The Balaban J connectivity index is 1.36. The van der Waals surface area contributed by atoms with Crippen LogP contribution in [0.25, 0.3) is 0 Å². The summed E-state index contributed by atoms with van der Waals surface area (Å²) in [5.41, 5.74) is 1.15. The van der Waals surface area contributed by atoms with E-state index in [2.05, 4.69) is 11.8 Å². The number of ether oxygens (including phenoxy) is 1. The van der Waals surface area contributed by atoms with Gasteiger partial charge in [-0.1, -0.05) is 31.6 Å². The van der Waals surface area contributed by atoms with Gasteiger partial charge in [-0.15, -0.1) is 0 Å². The van der Waals surface area contributed by atoms with Gasteiger partial charge in [0.2, 0.25) is 5.91 Å². The minimum absolute atomic E-state index is 0.233. The molecular weight excluding hydrogens is 334 g/mol. The normalized spacial score (nSPS) is 25.5. The maximum atomic E-state index is 12.0. The molecule has 4 rings (SSSR count). The molecule has 1 saturated heterocycles. The van der Waals surface area contributed by atoms with E-state index in [9.17, 15) is 4.79 Å². The van der Waals surface area contributed by atoms with E-state index >= 15 is 0 Å². The molecule has 138 valence electrons. The van der Waals surface area contributed by atoms with Crippen LogP contribution in [0, 0.1) is 0 Å². The summed E-state index contributed by atoms with van der Waals surface area (Å²) in [4.78, 5) is 22.6. The highest BCUT2D eigenvalue weighted by Gasteiger charge is 2.32. The predicted octanol–water partition coefficient (Wildman–Crippen LogP) is 3.39. The van der Waals surface area contributed by atoms with Crippen LogP contribution < -0.4 is 4.74 Å². The molecule has 1 atom stereocenters. The van der Waals surface area contributed by atoms with E-state index in [4.69, 9.17) is 9.72 Å². The lowest BCUT2D eigenvalue weighted by Crippen LogP contribution is -2.46. The van der Waals surface area contributed by atoms with E-state index in [0.29, 0.717) is 25.0 Å². The first-order chi connectivity index (χ1) is 12.1. The van der Waals surface area contributed by atoms with Crippen molar-refractivity contribution in [2.24, 2.45) is 0 Å². The second kappa shape index (κ2) is 7.23. The maximum Gasteiger partial charge on any atom is 0.273 e. The molecule has 6 heteroatoms. The molecule has 1 amide bonds. The number of thiazole rings is 1.